The minimum atomic E-state index is -3.90. The fraction of sp³-hybridized carbons (Fsp3) is 0.174. The first-order valence-corrected chi connectivity index (χ1v) is 13.6. The van der Waals surface area contributed by atoms with Gasteiger partial charge >= 0.3 is 0 Å². The van der Waals surface area contributed by atoms with Gasteiger partial charge in [-0.3, -0.25) is 9.10 Å². The van der Waals surface area contributed by atoms with Crippen molar-refractivity contribution in [3.63, 3.8) is 0 Å². The summed E-state index contributed by atoms with van der Waals surface area (Å²) in [7, 11) is -4.94. The van der Waals surface area contributed by atoms with Gasteiger partial charge in [0.1, 0.15) is 0 Å². The third-order valence-corrected chi connectivity index (χ3v) is 7.08. The lowest BCUT2D eigenvalue weighted by molar-refractivity contribution is 0.102. The van der Waals surface area contributed by atoms with Gasteiger partial charge in [0.05, 0.1) is 43.2 Å². The molecule has 0 unspecified atom stereocenters. The Morgan fingerprint density at radius 1 is 0.914 bits per heavy atom. The molecule has 1 amide bonds. The van der Waals surface area contributed by atoms with Crippen LogP contribution >= 0.6 is 0 Å². The molecule has 0 radical (unpaired) electrons. The summed E-state index contributed by atoms with van der Waals surface area (Å²) in [4.78, 5) is 13.2. The Bertz CT molecular complexity index is 1420. The lowest BCUT2D eigenvalue weighted by atomic mass is 10.1. The van der Waals surface area contributed by atoms with Crippen molar-refractivity contribution in [2.24, 2.45) is 5.14 Å². The molecule has 0 aliphatic heterocycles. The van der Waals surface area contributed by atoms with Gasteiger partial charge in [-0.25, -0.2) is 22.0 Å². The molecule has 3 N–H and O–H groups in total. The van der Waals surface area contributed by atoms with Crippen LogP contribution in [0.3, 0.4) is 0 Å². The summed E-state index contributed by atoms with van der Waals surface area (Å²) in [5.41, 5.74) is 1.06. The van der Waals surface area contributed by atoms with Gasteiger partial charge in [-0.05, 0) is 35.9 Å². The minimum Gasteiger partial charge on any atom is -0.493 e. The predicted octanol–water partition coefficient (Wildman–Crippen LogP) is 2.57. The van der Waals surface area contributed by atoms with E-state index in [1.54, 1.807) is 24.3 Å². The molecule has 0 atom stereocenters. The zero-order chi connectivity index (χ0) is 25.8. The zero-order valence-electron chi connectivity index (χ0n) is 19.3. The van der Waals surface area contributed by atoms with Crippen molar-refractivity contribution in [3.05, 3.63) is 77.9 Å². The van der Waals surface area contributed by atoms with E-state index in [0.717, 1.165) is 10.6 Å². The molecule has 0 fully saturated rings. The van der Waals surface area contributed by atoms with E-state index in [4.69, 9.17) is 14.6 Å². The normalized spacial score (nSPS) is 11.5. The van der Waals surface area contributed by atoms with Crippen LogP contribution in [0.1, 0.15) is 15.9 Å². The zero-order valence-corrected chi connectivity index (χ0v) is 20.9. The fourth-order valence-corrected chi connectivity index (χ4v) is 4.72. The number of sulfonamides is 2. The number of nitrogens with two attached hydrogens (primary N) is 1. The SMILES string of the molecule is COc1cc(C(=O)Nc2ccc(S(N)(=O)=O)cc2)c(N(Cc2ccccc2)S(C)(=O)=O)cc1OC. The van der Waals surface area contributed by atoms with Crippen LogP contribution in [0.15, 0.2) is 71.6 Å². The van der Waals surface area contributed by atoms with E-state index in [0.29, 0.717) is 5.56 Å². The maximum absolute atomic E-state index is 13.3. The topological polar surface area (TPSA) is 145 Å². The molecular weight excluding hydrogens is 494 g/mol. The lowest BCUT2D eigenvalue weighted by Gasteiger charge is -2.26. The van der Waals surface area contributed by atoms with Crippen LogP contribution in [0, 0.1) is 0 Å². The number of carbonyl (C=O) groups excluding carboxylic acids is 1. The Balaban J connectivity index is 2.09. The number of ether oxygens (including phenoxy) is 2. The summed E-state index contributed by atoms with van der Waals surface area (Å²) >= 11 is 0. The molecule has 3 rings (SSSR count). The second-order valence-corrected chi connectivity index (χ2v) is 11.0. The van der Waals surface area contributed by atoms with Crippen LogP contribution in [-0.4, -0.2) is 43.2 Å². The number of benzene rings is 3. The standard InChI is InChI=1S/C23H25N3O7S2/c1-32-21-13-19(23(27)25-17-9-11-18(12-10-17)35(24,30)31)20(14-22(21)33-2)26(34(3,28)29)15-16-7-5-4-6-8-16/h4-14H,15H2,1-3H3,(H,25,27)(H2,24,30,31). The van der Waals surface area contributed by atoms with Crippen molar-refractivity contribution in [2.45, 2.75) is 11.4 Å². The van der Waals surface area contributed by atoms with Crippen LogP contribution in [0.4, 0.5) is 11.4 Å². The van der Waals surface area contributed by atoms with Crippen molar-refractivity contribution < 1.29 is 31.1 Å². The largest absolute Gasteiger partial charge is 0.493 e. The van der Waals surface area contributed by atoms with Gasteiger partial charge in [0, 0.05) is 11.8 Å². The van der Waals surface area contributed by atoms with Crippen LogP contribution < -0.4 is 24.2 Å². The maximum atomic E-state index is 13.3. The first-order chi connectivity index (χ1) is 16.4. The number of anilines is 2. The van der Waals surface area contributed by atoms with Crippen molar-refractivity contribution in [2.75, 3.05) is 30.1 Å². The van der Waals surface area contributed by atoms with Crippen molar-refractivity contribution >= 4 is 37.3 Å². The molecule has 186 valence electrons. The Kier molecular flexibility index (Phi) is 7.68. The second-order valence-electron chi connectivity index (χ2n) is 7.50. The predicted molar refractivity (Wildman–Crippen MR) is 133 cm³/mol. The van der Waals surface area contributed by atoms with Gasteiger partial charge in [-0.2, -0.15) is 0 Å². The van der Waals surface area contributed by atoms with Crippen LogP contribution in [0.5, 0.6) is 11.5 Å². The Labute approximate surface area is 204 Å². The lowest BCUT2D eigenvalue weighted by Crippen LogP contribution is -2.31. The number of nitrogens with one attached hydrogen (secondary N) is 1. The van der Waals surface area contributed by atoms with Crippen LogP contribution in [0.25, 0.3) is 0 Å². The number of primary sulfonamides is 1. The second kappa shape index (κ2) is 10.3. The molecule has 0 aliphatic carbocycles. The fourth-order valence-electron chi connectivity index (χ4n) is 3.31. The molecule has 0 aromatic heterocycles. The highest BCUT2D eigenvalue weighted by Crippen LogP contribution is 2.37. The first-order valence-electron chi connectivity index (χ1n) is 10.2. The van der Waals surface area contributed by atoms with E-state index in [1.807, 2.05) is 6.07 Å². The first kappa shape index (κ1) is 26.0. The van der Waals surface area contributed by atoms with Crippen molar-refractivity contribution in [1.29, 1.82) is 0 Å². The van der Waals surface area contributed by atoms with E-state index in [1.165, 1.54) is 50.6 Å². The molecule has 0 saturated carbocycles. The van der Waals surface area contributed by atoms with Gasteiger partial charge in [-0.1, -0.05) is 30.3 Å². The molecule has 35 heavy (non-hydrogen) atoms. The smallest absolute Gasteiger partial charge is 0.257 e. The van der Waals surface area contributed by atoms with Crippen molar-refractivity contribution in [1.82, 2.24) is 0 Å². The molecule has 0 saturated heterocycles. The van der Waals surface area contributed by atoms with Gasteiger partial charge in [0.2, 0.25) is 20.0 Å². The number of carbonyl (C=O) groups is 1. The summed E-state index contributed by atoms with van der Waals surface area (Å²) in [6, 6.07) is 17.0. The van der Waals surface area contributed by atoms with E-state index in [9.17, 15) is 21.6 Å². The minimum absolute atomic E-state index is 0.000436. The molecule has 0 aliphatic rings. The van der Waals surface area contributed by atoms with Gasteiger partial charge < -0.3 is 14.8 Å². The quantitative estimate of drug-likeness (QED) is 0.442. The Morgan fingerprint density at radius 2 is 1.49 bits per heavy atom. The van der Waals surface area contributed by atoms with E-state index < -0.39 is 26.0 Å². The highest BCUT2D eigenvalue weighted by Gasteiger charge is 2.26. The molecule has 0 bridgehead atoms. The monoisotopic (exact) mass is 519 g/mol. The number of nitrogens with zero attached hydrogens (tertiary/aromatic N) is 1. The van der Waals surface area contributed by atoms with E-state index in [-0.39, 0.29) is 39.9 Å². The Hall–Kier alpha value is -3.61. The summed E-state index contributed by atoms with van der Waals surface area (Å²) in [6.07, 6.45) is 1.04. The number of hydrogen-bond acceptors (Lipinski definition) is 7. The van der Waals surface area contributed by atoms with Crippen LogP contribution in [-0.2, 0) is 26.6 Å². The molecule has 10 nitrogen and oxygen atoms in total. The molecule has 3 aromatic rings. The van der Waals surface area contributed by atoms with Crippen LogP contribution in [0.2, 0.25) is 0 Å². The van der Waals surface area contributed by atoms with Gasteiger partial charge in [0.15, 0.2) is 11.5 Å². The summed E-state index contributed by atoms with van der Waals surface area (Å²) < 4.78 is 60.3. The molecule has 12 heteroatoms. The number of rotatable bonds is 9. The number of amides is 1. The Morgan fingerprint density at radius 3 is 2.00 bits per heavy atom. The molecule has 0 heterocycles. The van der Waals surface area contributed by atoms with Gasteiger partial charge in [-0.15, -0.1) is 0 Å². The highest BCUT2D eigenvalue weighted by atomic mass is 32.2. The molecular formula is C23H25N3O7S2. The van der Waals surface area contributed by atoms with E-state index >= 15 is 0 Å². The average molecular weight is 520 g/mol. The third kappa shape index (κ3) is 6.29. The average Bonchev–Trinajstić information content (AvgIpc) is 2.81. The number of methoxy groups -OCH3 is 2. The van der Waals surface area contributed by atoms with Gasteiger partial charge in [0.25, 0.3) is 5.91 Å². The summed E-state index contributed by atoms with van der Waals surface area (Å²) in [5, 5.41) is 7.76. The molecule has 0 spiro atoms. The highest BCUT2D eigenvalue weighted by molar-refractivity contribution is 7.92. The van der Waals surface area contributed by atoms with Crippen molar-refractivity contribution in [3.8, 4) is 11.5 Å². The van der Waals surface area contributed by atoms with E-state index in [2.05, 4.69) is 5.32 Å². The third-order valence-electron chi connectivity index (χ3n) is 5.03. The molecule has 3 aromatic carbocycles. The summed E-state index contributed by atoms with van der Waals surface area (Å²) in [6.45, 7) is -0.0293. The number of hydrogen-bond donors (Lipinski definition) is 2. The maximum Gasteiger partial charge on any atom is 0.257 e. The summed E-state index contributed by atoms with van der Waals surface area (Å²) in [5.74, 6) is -0.191.